The minimum absolute atomic E-state index is 0.0203. The van der Waals surface area contributed by atoms with Gasteiger partial charge in [0.1, 0.15) is 0 Å². The van der Waals surface area contributed by atoms with Crippen LogP contribution in [0.15, 0.2) is 23.1 Å². The van der Waals surface area contributed by atoms with Crippen molar-refractivity contribution < 1.29 is 18.3 Å². The number of aromatic carboxylic acids is 1. The summed E-state index contributed by atoms with van der Waals surface area (Å²) < 4.78 is 26.6. The molecule has 1 fully saturated rings. The monoisotopic (exact) mass is 317 g/mol. The van der Waals surface area contributed by atoms with Crippen LogP contribution in [0.1, 0.15) is 36.5 Å². The standard InChI is InChI=1S/C13H16ClNO4S/c1-9-4-2-3-7-15(9)20(18,19)10-5-6-12(14)11(8-10)13(16)17/h5-6,8-9H,2-4,7H2,1H3,(H,16,17). The van der Waals surface area contributed by atoms with Gasteiger partial charge in [0.15, 0.2) is 0 Å². The molecule has 2 rings (SSSR count). The van der Waals surface area contributed by atoms with Crippen LogP contribution in [0.5, 0.6) is 0 Å². The molecule has 0 saturated carbocycles. The van der Waals surface area contributed by atoms with E-state index >= 15 is 0 Å². The topological polar surface area (TPSA) is 74.7 Å². The molecular formula is C13H16ClNO4S. The maximum Gasteiger partial charge on any atom is 0.337 e. The Kier molecular flexibility index (Phi) is 4.36. The third-order valence-corrected chi connectivity index (χ3v) is 5.86. The van der Waals surface area contributed by atoms with Gasteiger partial charge in [0.05, 0.1) is 15.5 Å². The number of hydrogen-bond donors (Lipinski definition) is 1. The number of rotatable bonds is 3. The van der Waals surface area contributed by atoms with Gasteiger partial charge >= 0.3 is 5.97 Å². The lowest BCUT2D eigenvalue weighted by Crippen LogP contribution is -2.41. The van der Waals surface area contributed by atoms with Gasteiger partial charge in [-0.2, -0.15) is 4.31 Å². The summed E-state index contributed by atoms with van der Waals surface area (Å²) in [5.74, 6) is -1.24. The Bertz CT molecular complexity index is 629. The van der Waals surface area contributed by atoms with Crippen molar-refractivity contribution in [2.45, 2.75) is 37.1 Å². The molecule has 0 amide bonds. The fourth-order valence-corrected chi connectivity index (χ4v) is 4.32. The zero-order valence-electron chi connectivity index (χ0n) is 11.0. The normalized spacial score (nSPS) is 20.8. The predicted octanol–water partition coefficient (Wildman–Crippen LogP) is 2.60. The summed E-state index contributed by atoms with van der Waals surface area (Å²) in [5.41, 5.74) is -0.197. The lowest BCUT2D eigenvalue weighted by molar-refractivity contribution is 0.0697. The first-order valence-corrected chi connectivity index (χ1v) is 8.20. The first-order chi connectivity index (χ1) is 9.34. The number of nitrogens with zero attached hydrogens (tertiary/aromatic N) is 1. The number of halogens is 1. The Balaban J connectivity index is 2.44. The number of benzene rings is 1. The van der Waals surface area contributed by atoms with Gasteiger partial charge in [0.2, 0.25) is 10.0 Å². The first kappa shape index (κ1) is 15.3. The smallest absolute Gasteiger partial charge is 0.337 e. The number of carbonyl (C=O) groups is 1. The summed E-state index contributed by atoms with van der Waals surface area (Å²) in [5, 5.41) is 9.06. The molecule has 0 spiro atoms. The molecule has 1 saturated heterocycles. The average molecular weight is 318 g/mol. The van der Waals surface area contributed by atoms with Crippen molar-refractivity contribution >= 4 is 27.6 Å². The maximum absolute atomic E-state index is 12.6. The van der Waals surface area contributed by atoms with Gasteiger partial charge in [0, 0.05) is 12.6 Å². The van der Waals surface area contributed by atoms with E-state index < -0.39 is 16.0 Å². The lowest BCUT2D eigenvalue weighted by atomic mass is 10.1. The molecule has 0 aliphatic carbocycles. The van der Waals surface area contributed by atoms with Crippen molar-refractivity contribution in [2.75, 3.05) is 6.54 Å². The highest BCUT2D eigenvalue weighted by molar-refractivity contribution is 7.89. The molecule has 1 unspecified atom stereocenters. The van der Waals surface area contributed by atoms with Crippen LogP contribution in [0.25, 0.3) is 0 Å². The van der Waals surface area contributed by atoms with Crippen LogP contribution in [0.3, 0.4) is 0 Å². The van der Waals surface area contributed by atoms with Crippen LogP contribution in [0.4, 0.5) is 0 Å². The Hall–Kier alpha value is -1.11. The molecule has 1 heterocycles. The molecule has 1 aliphatic heterocycles. The lowest BCUT2D eigenvalue weighted by Gasteiger charge is -2.32. The second-order valence-corrected chi connectivity index (χ2v) is 7.21. The van der Waals surface area contributed by atoms with E-state index in [2.05, 4.69) is 0 Å². The van der Waals surface area contributed by atoms with Crippen LogP contribution >= 0.6 is 11.6 Å². The van der Waals surface area contributed by atoms with Crippen LogP contribution in [0, 0.1) is 0 Å². The van der Waals surface area contributed by atoms with E-state index in [1.54, 1.807) is 0 Å². The zero-order chi connectivity index (χ0) is 14.9. The largest absolute Gasteiger partial charge is 0.478 e. The Morgan fingerprint density at radius 3 is 2.70 bits per heavy atom. The molecule has 110 valence electrons. The zero-order valence-corrected chi connectivity index (χ0v) is 12.6. The summed E-state index contributed by atoms with van der Waals surface area (Å²) in [6.07, 6.45) is 2.65. The number of sulfonamides is 1. The van der Waals surface area contributed by atoms with Crippen LogP contribution in [-0.4, -0.2) is 36.4 Å². The Labute approximate surface area is 123 Å². The van der Waals surface area contributed by atoms with Crippen molar-refractivity contribution in [2.24, 2.45) is 0 Å². The predicted molar refractivity (Wildman–Crippen MR) is 75.6 cm³/mol. The average Bonchev–Trinajstić information content (AvgIpc) is 2.38. The van der Waals surface area contributed by atoms with Gasteiger partial charge in [-0.3, -0.25) is 0 Å². The van der Waals surface area contributed by atoms with Crippen molar-refractivity contribution in [3.8, 4) is 0 Å². The number of carboxylic acid groups (broad SMARTS) is 1. The summed E-state index contributed by atoms with van der Waals surface area (Å²) in [6.45, 7) is 2.33. The summed E-state index contributed by atoms with van der Waals surface area (Å²) in [7, 11) is -3.67. The summed E-state index contributed by atoms with van der Waals surface area (Å²) in [4.78, 5) is 11.0. The highest BCUT2D eigenvalue weighted by atomic mass is 35.5. The Morgan fingerprint density at radius 2 is 2.10 bits per heavy atom. The summed E-state index contributed by atoms with van der Waals surface area (Å²) >= 11 is 5.77. The van der Waals surface area contributed by atoms with E-state index in [9.17, 15) is 13.2 Å². The summed E-state index contributed by atoms with van der Waals surface area (Å²) in [6, 6.07) is 3.72. The van der Waals surface area contributed by atoms with E-state index in [4.69, 9.17) is 16.7 Å². The number of piperidine rings is 1. The number of hydrogen-bond acceptors (Lipinski definition) is 3. The van der Waals surface area contributed by atoms with Gasteiger partial charge in [-0.1, -0.05) is 18.0 Å². The second kappa shape index (κ2) is 5.71. The van der Waals surface area contributed by atoms with Crippen molar-refractivity contribution in [3.05, 3.63) is 28.8 Å². The molecule has 0 aromatic heterocycles. The fraction of sp³-hybridized carbons (Fsp3) is 0.462. The van der Waals surface area contributed by atoms with Gasteiger partial charge < -0.3 is 5.11 Å². The second-order valence-electron chi connectivity index (χ2n) is 4.91. The SMILES string of the molecule is CC1CCCCN1S(=O)(=O)c1ccc(Cl)c(C(=O)O)c1. The van der Waals surface area contributed by atoms with Crippen molar-refractivity contribution in [1.82, 2.24) is 4.31 Å². The molecule has 7 heteroatoms. The highest BCUT2D eigenvalue weighted by Crippen LogP contribution is 2.27. The molecule has 1 aromatic rings. The molecular weight excluding hydrogens is 302 g/mol. The van der Waals surface area contributed by atoms with Crippen LogP contribution < -0.4 is 0 Å². The van der Waals surface area contributed by atoms with Crippen molar-refractivity contribution in [3.63, 3.8) is 0 Å². The van der Waals surface area contributed by atoms with E-state index in [0.717, 1.165) is 25.3 Å². The quantitative estimate of drug-likeness (QED) is 0.929. The molecule has 1 aliphatic rings. The minimum Gasteiger partial charge on any atom is -0.478 e. The van der Waals surface area contributed by atoms with Gasteiger partial charge in [-0.15, -0.1) is 0 Å². The van der Waals surface area contributed by atoms with E-state index in [0.29, 0.717) is 6.54 Å². The molecule has 1 N–H and O–H groups in total. The number of carboxylic acids is 1. The Morgan fingerprint density at radius 1 is 1.40 bits per heavy atom. The minimum atomic E-state index is -3.67. The molecule has 20 heavy (non-hydrogen) atoms. The van der Waals surface area contributed by atoms with E-state index in [1.165, 1.54) is 16.4 Å². The fourth-order valence-electron chi connectivity index (χ4n) is 2.39. The first-order valence-electron chi connectivity index (χ1n) is 6.38. The van der Waals surface area contributed by atoms with Gasteiger partial charge in [-0.05, 0) is 38.0 Å². The molecule has 5 nitrogen and oxygen atoms in total. The third-order valence-electron chi connectivity index (χ3n) is 3.52. The van der Waals surface area contributed by atoms with Crippen LogP contribution in [-0.2, 0) is 10.0 Å². The maximum atomic E-state index is 12.6. The van der Waals surface area contributed by atoms with Crippen LogP contribution in [0.2, 0.25) is 5.02 Å². The van der Waals surface area contributed by atoms with E-state index in [-0.39, 0.29) is 21.5 Å². The van der Waals surface area contributed by atoms with Gasteiger partial charge in [0.25, 0.3) is 0 Å². The van der Waals surface area contributed by atoms with E-state index in [1.807, 2.05) is 6.92 Å². The molecule has 1 aromatic carbocycles. The third kappa shape index (κ3) is 2.82. The molecule has 1 atom stereocenters. The van der Waals surface area contributed by atoms with Gasteiger partial charge in [-0.25, -0.2) is 13.2 Å². The molecule has 0 radical (unpaired) electrons. The molecule has 0 bridgehead atoms. The van der Waals surface area contributed by atoms with Crippen molar-refractivity contribution in [1.29, 1.82) is 0 Å². The highest BCUT2D eigenvalue weighted by Gasteiger charge is 2.31.